The SMILES string of the molecule is O=C(NCCc1ncc[nH]1)c1cc(Br)cnc1Cl. The molecule has 2 N–H and O–H groups in total. The number of aromatic nitrogens is 3. The standard InChI is InChI=1S/C11H10BrClN4O/c12-7-5-8(10(13)17-6-7)11(18)16-2-1-9-14-3-4-15-9/h3-6H,1-2H2,(H,14,15)(H,16,18). The highest BCUT2D eigenvalue weighted by molar-refractivity contribution is 9.10. The van der Waals surface area contributed by atoms with Crippen LogP contribution in [-0.2, 0) is 6.42 Å². The zero-order valence-corrected chi connectivity index (χ0v) is 11.6. The zero-order chi connectivity index (χ0) is 13.0. The predicted octanol–water partition coefficient (Wildman–Crippen LogP) is 2.19. The topological polar surface area (TPSA) is 70.7 Å². The van der Waals surface area contributed by atoms with E-state index in [9.17, 15) is 4.79 Å². The normalized spacial score (nSPS) is 10.3. The monoisotopic (exact) mass is 328 g/mol. The lowest BCUT2D eigenvalue weighted by Crippen LogP contribution is -2.26. The van der Waals surface area contributed by atoms with Crippen LogP contribution in [0.4, 0.5) is 0 Å². The molecule has 7 heteroatoms. The summed E-state index contributed by atoms with van der Waals surface area (Å²) in [6, 6.07) is 1.64. The second-order valence-corrected chi connectivity index (χ2v) is 4.81. The van der Waals surface area contributed by atoms with Crippen molar-refractivity contribution in [1.29, 1.82) is 0 Å². The largest absolute Gasteiger partial charge is 0.351 e. The second-order valence-electron chi connectivity index (χ2n) is 3.53. The maximum absolute atomic E-state index is 11.9. The molecule has 1 amide bonds. The van der Waals surface area contributed by atoms with Crippen molar-refractivity contribution in [2.45, 2.75) is 6.42 Å². The number of rotatable bonds is 4. The van der Waals surface area contributed by atoms with Crippen molar-refractivity contribution in [2.75, 3.05) is 6.54 Å². The van der Waals surface area contributed by atoms with Crippen molar-refractivity contribution in [3.63, 3.8) is 0 Å². The number of amides is 1. The third-order valence-corrected chi connectivity index (χ3v) is 2.99. The first kappa shape index (κ1) is 13.0. The third kappa shape index (κ3) is 3.30. The van der Waals surface area contributed by atoms with E-state index < -0.39 is 0 Å². The number of hydrogen-bond donors (Lipinski definition) is 2. The molecule has 2 rings (SSSR count). The van der Waals surface area contributed by atoms with Crippen molar-refractivity contribution < 1.29 is 4.79 Å². The summed E-state index contributed by atoms with van der Waals surface area (Å²) in [6.45, 7) is 0.481. The first-order valence-corrected chi connectivity index (χ1v) is 6.41. The number of imidazole rings is 1. The summed E-state index contributed by atoms with van der Waals surface area (Å²) >= 11 is 9.11. The van der Waals surface area contributed by atoms with E-state index in [0.29, 0.717) is 23.0 Å². The van der Waals surface area contributed by atoms with Crippen LogP contribution < -0.4 is 5.32 Å². The van der Waals surface area contributed by atoms with Gasteiger partial charge in [-0.25, -0.2) is 9.97 Å². The van der Waals surface area contributed by atoms with Gasteiger partial charge in [0.1, 0.15) is 11.0 Å². The van der Waals surface area contributed by atoms with Gasteiger partial charge in [0.2, 0.25) is 0 Å². The molecule has 2 aromatic rings. The molecular weight excluding hydrogens is 320 g/mol. The number of H-pyrrole nitrogens is 1. The van der Waals surface area contributed by atoms with Gasteiger partial charge in [-0.15, -0.1) is 0 Å². The third-order valence-electron chi connectivity index (χ3n) is 2.25. The predicted molar refractivity (Wildman–Crippen MR) is 71.6 cm³/mol. The first-order valence-electron chi connectivity index (χ1n) is 5.24. The molecule has 0 aliphatic heterocycles. The van der Waals surface area contributed by atoms with Crippen LogP contribution in [0.15, 0.2) is 29.1 Å². The molecule has 0 spiro atoms. The lowest BCUT2D eigenvalue weighted by atomic mass is 10.2. The fourth-order valence-electron chi connectivity index (χ4n) is 1.41. The Labute approximate surface area is 117 Å². The Bertz CT molecular complexity index is 544. The highest BCUT2D eigenvalue weighted by Crippen LogP contribution is 2.17. The number of nitrogens with zero attached hydrogens (tertiary/aromatic N) is 2. The molecule has 5 nitrogen and oxygen atoms in total. The Morgan fingerprint density at radius 2 is 2.33 bits per heavy atom. The number of carbonyl (C=O) groups excluding carboxylic acids is 1. The van der Waals surface area contributed by atoms with Gasteiger partial charge in [0.25, 0.3) is 5.91 Å². The Kier molecular flexibility index (Phi) is 4.33. The molecule has 0 aromatic carbocycles. The summed E-state index contributed by atoms with van der Waals surface area (Å²) in [4.78, 5) is 22.8. The van der Waals surface area contributed by atoms with Crippen LogP contribution in [0, 0.1) is 0 Å². The van der Waals surface area contributed by atoms with Crippen molar-refractivity contribution in [3.05, 3.63) is 45.7 Å². The van der Waals surface area contributed by atoms with Crippen molar-refractivity contribution in [2.24, 2.45) is 0 Å². The molecule has 0 unspecified atom stereocenters. The summed E-state index contributed by atoms with van der Waals surface area (Å²) in [6.07, 6.45) is 5.60. The molecule has 18 heavy (non-hydrogen) atoms. The molecule has 0 bridgehead atoms. The van der Waals surface area contributed by atoms with Crippen molar-refractivity contribution in [3.8, 4) is 0 Å². The summed E-state index contributed by atoms with van der Waals surface area (Å²) in [7, 11) is 0. The van der Waals surface area contributed by atoms with E-state index >= 15 is 0 Å². The molecular formula is C11H10BrClN4O. The highest BCUT2D eigenvalue weighted by atomic mass is 79.9. The average molecular weight is 330 g/mol. The van der Waals surface area contributed by atoms with Gasteiger partial charge < -0.3 is 10.3 Å². The van der Waals surface area contributed by atoms with Crippen LogP contribution in [0.2, 0.25) is 5.15 Å². The van der Waals surface area contributed by atoms with Crippen LogP contribution in [0.1, 0.15) is 16.2 Å². The van der Waals surface area contributed by atoms with Gasteiger partial charge in [0.15, 0.2) is 0 Å². The fraction of sp³-hybridized carbons (Fsp3) is 0.182. The highest BCUT2D eigenvalue weighted by Gasteiger charge is 2.11. The van der Waals surface area contributed by atoms with Crippen LogP contribution >= 0.6 is 27.5 Å². The van der Waals surface area contributed by atoms with Gasteiger partial charge in [-0.05, 0) is 22.0 Å². The Balaban J connectivity index is 1.93. The van der Waals surface area contributed by atoms with Gasteiger partial charge in [-0.2, -0.15) is 0 Å². The fourth-order valence-corrected chi connectivity index (χ4v) is 1.93. The number of nitrogens with one attached hydrogen (secondary N) is 2. The summed E-state index contributed by atoms with van der Waals surface area (Å²) in [5.41, 5.74) is 0.352. The Morgan fingerprint density at radius 3 is 3.06 bits per heavy atom. The molecule has 0 saturated carbocycles. The molecule has 0 aliphatic carbocycles. The van der Waals surface area contributed by atoms with E-state index in [4.69, 9.17) is 11.6 Å². The maximum atomic E-state index is 11.9. The van der Waals surface area contributed by atoms with Gasteiger partial charge in [0, 0.05) is 36.0 Å². The second kappa shape index (κ2) is 5.97. The Hall–Kier alpha value is -1.40. The van der Waals surface area contributed by atoms with Crippen LogP contribution in [-0.4, -0.2) is 27.4 Å². The van der Waals surface area contributed by atoms with E-state index in [1.807, 2.05) is 0 Å². The lowest BCUT2D eigenvalue weighted by Gasteiger charge is -2.05. The quantitative estimate of drug-likeness (QED) is 0.845. The van der Waals surface area contributed by atoms with Gasteiger partial charge in [0.05, 0.1) is 5.56 Å². The summed E-state index contributed by atoms with van der Waals surface area (Å²) < 4.78 is 0.711. The average Bonchev–Trinajstić information content (AvgIpc) is 2.85. The molecule has 0 saturated heterocycles. The number of carbonyl (C=O) groups is 1. The number of aromatic amines is 1. The molecule has 2 aromatic heterocycles. The van der Waals surface area contributed by atoms with Crippen molar-refractivity contribution >= 4 is 33.4 Å². The smallest absolute Gasteiger partial charge is 0.254 e. The number of hydrogen-bond acceptors (Lipinski definition) is 3. The van der Waals surface area contributed by atoms with Crippen LogP contribution in [0.5, 0.6) is 0 Å². The van der Waals surface area contributed by atoms with E-state index in [0.717, 1.165) is 5.82 Å². The summed E-state index contributed by atoms with van der Waals surface area (Å²) in [5.74, 6) is 0.578. The van der Waals surface area contributed by atoms with Gasteiger partial charge in [-0.1, -0.05) is 11.6 Å². The molecule has 0 aliphatic rings. The Morgan fingerprint density at radius 1 is 1.50 bits per heavy atom. The van der Waals surface area contributed by atoms with Crippen LogP contribution in [0.3, 0.4) is 0 Å². The lowest BCUT2D eigenvalue weighted by molar-refractivity contribution is 0.0953. The van der Waals surface area contributed by atoms with Gasteiger partial charge >= 0.3 is 0 Å². The minimum absolute atomic E-state index is 0.189. The van der Waals surface area contributed by atoms with Crippen LogP contribution in [0.25, 0.3) is 0 Å². The minimum Gasteiger partial charge on any atom is -0.351 e. The first-order chi connectivity index (χ1) is 8.66. The molecule has 94 valence electrons. The molecule has 2 heterocycles. The molecule has 0 atom stereocenters. The minimum atomic E-state index is -0.250. The number of halogens is 2. The van der Waals surface area contributed by atoms with E-state index in [-0.39, 0.29) is 11.1 Å². The summed E-state index contributed by atoms with van der Waals surface area (Å²) in [5, 5.41) is 2.95. The van der Waals surface area contributed by atoms with E-state index in [1.54, 1.807) is 24.7 Å². The number of pyridine rings is 1. The maximum Gasteiger partial charge on any atom is 0.254 e. The molecule has 0 radical (unpaired) electrons. The molecule has 0 fully saturated rings. The van der Waals surface area contributed by atoms with E-state index in [1.165, 1.54) is 0 Å². The van der Waals surface area contributed by atoms with Gasteiger partial charge in [-0.3, -0.25) is 4.79 Å². The zero-order valence-electron chi connectivity index (χ0n) is 9.28. The van der Waals surface area contributed by atoms with E-state index in [2.05, 4.69) is 36.2 Å². The van der Waals surface area contributed by atoms with Crippen molar-refractivity contribution in [1.82, 2.24) is 20.3 Å².